The maximum absolute atomic E-state index is 13.0. The Morgan fingerprint density at radius 2 is 1.00 bits per heavy atom. The molecule has 0 aliphatic carbocycles. The number of nitrogens with one attached hydrogen (secondary N) is 2. The average Bonchev–Trinajstić information content (AvgIpc) is 3.99. The number of carboxylic acid groups (broad SMARTS) is 2. The standard InChI is InChI=1S/C26H28F3N5O5S.C22H22F3N5O3S/c1-14-8-15(10-16(9-14)32-22-30-7-6-18(33-22)26(27,28)29)17-11-31-19(40-17)25(38)12-34(13-25)23(2,3)21(37)39-24(4,5)20(35)36;1-12-6-13(8-14(7-12)28-19-26-5-4-16(29-19)22(23,24)25)15-9-27-17(34-15)21(33)10-30(11-21)20(2,3)18(31)32/h6-11,38H,12-13H2,1-5H3,(H,35,36)(H,30,32,33);4-9,33H,10-11H2,1-3H3,(H,31,32)(H,26,28,29). The van der Waals surface area contributed by atoms with Crippen molar-refractivity contribution in [1.29, 1.82) is 0 Å². The third-order valence-corrected chi connectivity index (χ3v) is 14.7. The molecular weight excluding hydrogens is 1020 g/mol. The van der Waals surface area contributed by atoms with Crippen molar-refractivity contribution in [1.82, 2.24) is 39.7 Å². The summed E-state index contributed by atoms with van der Waals surface area (Å²) >= 11 is 2.52. The molecule has 2 fully saturated rings. The number of hydrogen-bond donors (Lipinski definition) is 6. The number of benzene rings is 2. The lowest BCUT2D eigenvalue weighted by molar-refractivity contribution is -0.195. The van der Waals surface area contributed by atoms with Gasteiger partial charge in [0.2, 0.25) is 17.5 Å². The number of aliphatic hydroxyl groups is 2. The zero-order chi connectivity index (χ0) is 54.6. The Morgan fingerprint density at radius 1 is 0.608 bits per heavy atom. The van der Waals surface area contributed by atoms with Gasteiger partial charge in [0.25, 0.3) is 0 Å². The lowest BCUT2D eigenvalue weighted by Crippen LogP contribution is -2.68. The molecule has 8 rings (SSSR count). The fraction of sp³-hybridized carbons (Fsp3) is 0.396. The number of ether oxygens (including phenoxy) is 1. The molecule has 0 unspecified atom stereocenters. The van der Waals surface area contributed by atoms with E-state index in [0.29, 0.717) is 26.3 Å². The van der Waals surface area contributed by atoms with E-state index in [9.17, 15) is 61.2 Å². The van der Waals surface area contributed by atoms with Gasteiger partial charge in [0.1, 0.15) is 43.7 Å². The van der Waals surface area contributed by atoms with Crippen molar-refractivity contribution in [2.75, 3.05) is 36.8 Å². The minimum atomic E-state index is -4.60. The molecule has 0 bridgehead atoms. The quantitative estimate of drug-likeness (QED) is 0.0442. The van der Waals surface area contributed by atoms with Crippen LogP contribution in [0.4, 0.5) is 49.6 Å². The molecule has 394 valence electrons. The summed E-state index contributed by atoms with van der Waals surface area (Å²) in [4.78, 5) is 63.9. The van der Waals surface area contributed by atoms with Gasteiger partial charge in [0, 0.05) is 62.3 Å². The monoisotopic (exact) mass is 1070 g/mol. The topological polar surface area (TPSA) is 249 Å². The zero-order valence-corrected chi connectivity index (χ0v) is 42.5. The summed E-state index contributed by atoms with van der Waals surface area (Å²) in [6.07, 6.45) is -3.90. The largest absolute Gasteiger partial charge is 0.480 e. The van der Waals surface area contributed by atoms with Gasteiger partial charge in [-0.2, -0.15) is 26.3 Å². The number of carbonyl (C=O) groups is 3. The molecule has 2 aliphatic heterocycles. The molecule has 2 aromatic carbocycles. The first kappa shape index (κ1) is 55.0. The van der Waals surface area contributed by atoms with Gasteiger partial charge in [-0.1, -0.05) is 12.1 Å². The number of aliphatic carboxylic acids is 2. The summed E-state index contributed by atoms with van der Waals surface area (Å²) in [5.41, 5.74) is -4.56. The molecule has 26 heteroatoms. The Balaban J connectivity index is 0.000000219. The van der Waals surface area contributed by atoms with Crippen LogP contribution in [-0.4, -0.2) is 121 Å². The Bertz CT molecular complexity index is 3100. The second kappa shape index (κ2) is 19.9. The summed E-state index contributed by atoms with van der Waals surface area (Å²) in [5, 5.41) is 47.3. The number of carbonyl (C=O) groups excluding carboxylic acids is 1. The Labute approximate surface area is 427 Å². The highest BCUT2D eigenvalue weighted by Crippen LogP contribution is 2.43. The number of rotatable bonds is 14. The summed E-state index contributed by atoms with van der Waals surface area (Å²) in [6, 6.07) is 12.3. The molecule has 0 atom stereocenters. The molecule has 6 aromatic rings. The van der Waals surface area contributed by atoms with E-state index in [1.165, 1.54) is 36.5 Å². The van der Waals surface area contributed by atoms with Crippen LogP contribution in [0.3, 0.4) is 0 Å². The Hall–Kier alpha value is -6.71. The minimum Gasteiger partial charge on any atom is -0.480 e. The van der Waals surface area contributed by atoms with E-state index >= 15 is 0 Å². The van der Waals surface area contributed by atoms with E-state index in [0.717, 1.165) is 51.7 Å². The molecule has 6 N–H and O–H groups in total. The summed E-state index contributed by atoms with van der Waals surface area (Å²) in [7, 11) is 0. The number of aromatic nitrogens is 6. The second-order valence-electron chi connectivity index (χ2n) is 19.4. The van der Waals surface area contributed by atoms with Crippen LogP contribution in [0.1, 0.15) is 74.1 Å². The fourth-order valence-electron chi connectivity index (χ4n) is 7.55. The van der Waals surface area contributed by atoms with E-state index in [1.54, 1.807) is 74.2 Å². The molecule has 2 aliphatic rings. The van der Waals surface area contributed by atoms with Crippen LogP contribution in [-0.2, 0) is 42.7 Å². The van der Waals surface area contributed by atoms with Gasteiger partial charge in [0.05, 0.1) is 9.75 Å². The molecule has 74 heavy (non-hydrogen) atoms. The highest BCUT2D eigenvalue weighted by atomic mass is 32.1. The van der Waals surface area contributed by atoms with Crippen LogP contribution in [0, 0.1) is 13.8 Å². The van der Waals surface area contributed by atoms with Crippen LogP contribution in [0.2, 0.25) is 0 Å². The maximum atomic E-state index is 13.0. The molecular formula is C48H50F6N10O8S2. The predicted molar refractivity (Wildman–Crippen MR) is 260 cm³/mol. The Kier molecular flexibility index (Phi) is 14.8. The first-order valence-corrected chi connectivity index (χ1v) is 24.0. The predicted octanol–water partition coefficient (Wildman–Crippen LogP) is 8.40. The number of β-amino-alcohol motifs (C(OH)–C–C–N with tert-alkyl or cyclic N) is 2. The smallest absolute Gasteiger partial charge is 0.433 e. The lowest BCUT2D eigenvalue weighted by atomic mass is 9.87. The molecule has 4 aromatic heterocycles. The number of carboxylic acids is 2. The summed E-state index contributed by atoms with van der Waals surface area (Å²) in [5.74, 6) is -3.36. The van der Waals surface area contributed by atoms with Crippen molar-refractivity contribution in [2.24, 2.45) is 0 Å². The number of anilines is 4. The second-order valence-corrected chi connectivity index (χ2v) is 21.5. The number of aryl methyl sites for hydroxylation is 2. The highest BCUT2D eigenvalue weighted by Gasteiger charge is 2.55. The first-order chi connectivity index (χ1) is 34.2. The van der Waals surface area contributed by atoms with Crippen molar-refractivity contribution < 1.29 is 65.9 Å². The normalized spacial score (nSPS) is 16.0. The van der Waals surface area contributed by atoms with Gasteiger partial charge in [-0.05, 0) is 114 Å². The van der Waals surface area contributed by atoms with E-state index in [2.05, 4.69) is 40.5 Å². The number of alkyl halides is 6. The van der Waals surface area contributed by atoms with Crippen molar-refractivity contribution in [3.8, 4) is 20.9 Å². The van der Waals surface area contributed by atoms with E-state index in [-0.39, 0.29) is 38.1 Å². The first-order valence-electron chi connectivity index (χ1n) is 22.3. The van der Waals surface area contributed by atoms with Crippen molar-refractivity contribution in [3.05, 3.63) is 106 Å². The zero-order valence-electron chi connectivity index (χ0n) is 40.8. The van der Waals surface area contributed by atoms with Gasteiger partial charge in [-0.25, -0.2) is 34.7 Å². The number of nitrogens with zero attached hydrogens (tertiary/aromatic N) is 8. The number of hydrogen-bond acceptors (Lipinski definition) is 18. The minimum absolute atomic E-state index is 0.0725. The van der Waals surface area contributed by atoms with Crippen LogP contribution in [0.5, 0.6) is 0 Å². The SMILES string of the molecule is Cc1cc(Nc2nccc(C(F)(F)F)n2)cc(-c2cnc(C3(O)CN(C(C)(C)C(=O)O)C3)s2)c1.Cc1cc(Nc2nccc(C(F)(F)F)n2)cc(-c2cnc(C3(O)CN(C(C)(C)C(=O)OC(C)(C)C(=O)O)C3)s2)c1. The van der Waals surface area contributed by atoms with E-state index in [1.807, 2.05) is 26.0 Å². The molecule has 0 spiro atoms. The van der Waals surface area contributed by atoms with Gasteiger partial charge < -0.3 is 35.8 Å². The molecule has 0 saturated carbocycles. The highest BCUT2D eigenvalue weighted by molar-refractivity contribution is 7.15. The van der Waals surface area contributed by atoms with Gasteiger partial charge in [0.15, 0.2) is 0 Å². The van der Waals surface area contributed by atoms with E-state index < -0.39 is 69.5 Å². The van der Waals surface area contributed by atoms with E-state index in [4.69, 9.17) is 4.74 Å². The molecule has 18 nitrogen and oxygen atoms in total. The Morgan fingerprint density at radius 3 is 1.36 bits per heavy atom. The van der Waals surface area contributed by atoms with Crippen molar-refractivity contribution in [2.45, 2.75) is 95.6 Å². The molecule has 2 saturated heterocycles. The number of halogens is 6. The third kappa shape index (κ3) is 11.9. The third-order valence-electron chi connectivity index (χ3n) is 12.2. The van der Waals surface area contributed by atoms with Gasteiger partial charge >= 0.3 is 30.3 Å². The average molecular weight is 1070 g/mol. The number of thiazole rings is 2. The van der Waals surface area contributed by atoms with Crippen LogP contribution >= 0.6 is 22.7 Å². The summed E-state index contributed by atoms with van der Waals surface area (Å²) in [6.45, 7) is 13.0. The van der Waals surface area contributed by atoms with Crippen LogP contribution < -0.4 is 10.6 Å². The fourth-order valence-corrected chi connectivity index (χ4v) is 9.50. The van der Waals surface area contributed by atoms with Gasteiger partial charge in [-0.3, -0.25) is 19.4 Å². The lowest BCUT2D eigenvalue weighted by Gasteiger charge is -2.51. The van der Waals surface area contributed by atoms with Crippen molar-refractivity contribution in [3.63, 3.8) is 0 Å². The van der Waals surface area contributed by atoms with Crippen molar-refractivity contribution >= 4 is 63.9 Å². The van der Waals surface area contributed by atoms with Crippen LogP contribution in [0.25, 0.3) is 20.9 Å². The molecule has 0 radical (unpaired) electrons. The van der Waals surface area contributed by atoms with Gasteiger partial charge in [-0.15, -0.1) is 22.7 Å². The maximum Gasteiger partial charge on any atom is 0.433 e. The molecule has 0 amide bonds. The number of esters is 1. The van der Waals surface area contributed by atoms with Crippen LogP contribution in [0.15, 0.2) is 73.3 Å². The number of likely N-dealkylation sites (tertiary alicyclic amines) is 2. The molecule has 6 heterocycles. The summed E-state index contributed by atoms with van der Waals surface area (Å²) < 4.78 is 83.1.